The minimum Gasteiger partial charge on any atom is -0.493 e. The molecule has 1 aliphatic heterocycles. The minimum atomic E-state index is -0.904. The SMILES string of the molecule is CCCOc1ccc(N2C(=O)NC(=O)/C(=C/c3cc(Cl)c(OCc4ccc(OCc5ccccc5)c(OC)c4)c(Cl)c3)C2=O)cc1OC. The van der Waals surface area contributed by atoms with Crippen molar-refractivity contribution in [1.29, 1.82) is 0 Å². The number of carbonyl (C=O) groups excluding carboxylic acids is 3. The van der Waals surface area contributed by atoms with Crippen LogP contribution in [0.3, 0.4) is 0 Å². The first-order chi connectivity index (χ1) is 23.2. The van der Waals surface area contributed by atoms with E-state index in [1.807, 2.05) is 43.3 Å². The molecule has 0 aromatic heterocycles. The number of barbiturate groups is 1. The Bertz CT molecular complexity index is 1840. The Balaban J connectivity index is 1.31. The molecule has 1 N–H and O–H groups in total. The number of amides is 4. The van der Waals surface area contributed by atoms with Crippen LogP contribution in [-0.2, 0) is 22.8 Å². The maximum absolute atomic E-state index is 13.5. The fraction of sp³-hybridized carbons (Fsp3) is 0.194. The highest BCUT2D eigenvalue weighted by molar-refractivity contribution is 6.40. The van der Waals surface area contributed by atoms with Crippen molar-refractivity contribution in [3.05, 3.63) is 111 Å². The van der Waals surface area contributed by atoms with Crippen LogP contribution in [0.2, 0.25) is 10.0 Å². The summed E-state index contributed by atoms with van der Waals surface area (Å²) in [6.07, 6.45) is 2.08. The molecule has 4 aromatic rings. The molecule has 0 spiro atoms. The second-order valence-electron chi connectivity index (χ2n) is 10.5. The summed E-state index contributed by atoms with van der Waals surface area (Å²) in [6.45, 7) is 2.92. The molecule has 5 rings (SSSR count). The van der Waals surface area contributed by atoms with Crippen LogP contribution in [0.4, 0.5) is 10.5 Å². The van der Waals surface area contributed by atoms with Gasteiger partial charge in [-0.15, -0.1) is 0 Å². The van der Waals surface area contributed by atoms with Gasteiger partial charge in [0.2, 0.25) is 0 Å². The van der Waals surface area contributed by atoms with Crippen molar-refractivity contribution in [2.45, 2.75) is 26.6 Å². The number of nitrogens with zero attached hydrogens (tertiary/aromatic N) is 1. The molecule has 0 unspecified atom stereocenters. The molecule has 0 radical (unpaired) electrons. The number of imide groups is 2. The fourth-order valence-electron chi connectivity index (χ4n) is 4.80. The van der Waals surface area contributed by atoms with Crippen molar-refractivity contribution in [2.24, 2.45) is 0 Å². The van der Waals surface area contributed by atoms with Crippen LogP contribution in [0, 0.1) is 0 Å². The quantitative estimate of drug-likeness (QED) is 0.113. The minimum absolute atomic E-state index is 0.110. The van der Waals surface area contributed by atoms with Gasteiger partial charge < -0.3 is 23.7 Å². The Morgan fingerprint density at radius 2 is 1.38 bits per heavy atom. The Morgan fingerprint density at radius 3 is 2.06 bits per heavy atom. The van der Waals surface area contributed by atoms with Crippen molar-refractivity contribution < 1.29 is 38.1 Å². The number of anilines is 1. The van der Waals surface area contributed by atoms with Crippen LogP contribution >= 0.6 is 23.2 Å². The topological polar surface area (TPSA) is 113 Å². The summed E-state index contributed by atoms with van der Waals surface area (Å²) in [5, 5.41) is 2.49. The molecule has 248 valence electrons. The van der Waals surface area contributed by atoms with E-state index < -0.39 is 17.8 Å². The molecule has 4 amide bonds. The summed E-state index contributed by atoms with van der Waals surface area (Å²) >= 11 is 13.1. The van der Waals surface area contributed by atoms with Crippen molar-refractivity contribution in [3.8, 4) is 28.7 Å². The third-order valence-electron chi connectivity index (χ3n) is 7.15. The lowest BCUT2D eigenvalue weighted by Gasteiger charge is -2.27. The lowest BCUT2D eigenvalue weighted by atomic mass is 10.1. The molecular formula is C36H32Cl2N2O8. The molecule has 1 heterocycles. The Labute approximate surface area is 287 Å². The second kappa shape index (κ2) is 15.6. The van der Waals surface area contributed by atoms with Gasteiger partial charge in [-0.3, -0.25) is 14.9 Å². The highest BCUT2D eigenvalue weighted by Crippen LogP contribution is 2.37. The monoisotopic (exact) mass is 690 g/mol. The zero-order valence-electron chi connectivity index (χ0n) is 26.4. The number of ether oxygens (including phenoxy) is 5. The van der Waals surface area contributed by atoms with Gasteiger partial charge in [-0.25, -0.2) is 9.69 Å². The molecule has 48 heavy (non-hydrogen) atoms. The maximum atomic E-state index is 13.5. The van der Waals surface area contributed by atoms with Gasteiger partial charge in [0.15, 0.2) is 28.7 Å². The summed E-state index contributed by atoms with van der Waals surface area (Å²) in [5.41, 5.74) is 2.02. The van der Waals surface area contributed by atoms with Crippen LogP contribution in [0.15, 0.2) is 84.4 Å². The third-order valence-corrected chi connectivity index (χ3v) is 7.71. The number of hydrogen-bond donors (Lipinski definition) is 1. The average Bonchev–Trinajstić information content (AvgIpc) is 3.08. The third kappa shape index (κ3) is 7.84. The summed E-state index contributed by atoms with van der Waals surface area (Å²) in [7, 11) is 3.00. The van der Waals surface area contributed by atoms with Gasteiger partial charge >= 0.3 is 6.03 Å². The smallest absolute Gasteiger partial charge is 0.335 e. The Hall–Kier alpha value is -5.19. The highest BCUT2D eigenvalue weighted by atomic mass is 35.5. The number of nitrogens with one attached hydrogen (secondary N) is 1. The summed E-state index contributed by atoms with van der Waals surface area (Å²) < 4.78 is 28.4. The summed E-state index contributed by atoms with van der Waals surface area (Å²) in [4.78, 5) is 39.9. The molecule has 1 fully saturated rings. The van der Waals surface area contributed by atoms with Crippen molar-refractivity contribution >= 4 is 52.8 Å². The lowest BCUT2D eigenvalue weighted by Crippen LogP contribution is -2.54. The van der Waals surface area contributed by atoms with E-state index in [2.05, 4.69) is 5.32 Å². The number of halogens is 2. The molecular weight excluding hydrogens is 659 g/mol. The van der Waals surface area contributed by atoms with Crippen LogP contribution in [0.5, 0.6) is 28.7 Å². The summed E-state index contributed by atoms with van der Waals surface area (Å²) in [6, 6.07) is 21.9. The number of rotatable bonds is 13. The van der Waals surface area contributed by atoms with Crippen molar-refractivity contribution in [2.75, 3.05) is 25.7 Å². The Kier molecular flexibility index (Phi) is 11.1. The predicted molar refractivity (Wildman–Crippen MR) is 182 cm³/mol. The van der Waals surface area contributed by atoms with Gasteiger partial charge in [-0.05, 0) is 65.6 Å². The van der Waals surface area contributed by atoms with E-state index in [-0.39, 0.29) is 33.7 Å². The van der Waals surface area contributed by atoms with Crippen LogP contribution < -0.4 is 33.9 Å². The molecule has 4 aromatic carbocycles. The van der Waals surface area contributed by atoms with E-state index in [1.165, 1.54) is 37.5 Å². The zero-order valence-corrected chi connectivity index (χ0v) is 27.9. The predicted octanol–water partition coefficient (Wildman–Crippen LogP) is 7.62. The average molecular weight is 692 g/mol. The number of carbonyl (C=O) groups is 3. The first kappa shape index (κ1) is 34.2. The molecule has 12 heteroatoms. The van der Waals surface area contributed by atoms with E-state index in [0.717, 1.165) is 22.4 Å². The van der Waals surface area contributed by atoms with Crippen molar-refractivity contribution in [3.63, 3.8) is 0 Å². The molecule has 0 saturated carbocycles. The van der Waals surface area contributed by atoms with Crippen molar-refractivity contribution in [1.82, 2.24) is 5.32 Å². The van der Waals surface area contributed by atoms with Crippen LogP contribution in [0.1, 0.15) is 30.0 Å². The first-order valence-electron chi connectivity index (χ1n) is 14.9. The molecule has 0 bridgehead atoms. The van der Waals surface area contributed by atoms with E-state index in [9.17, 15) is 14.4 Å². The molecule has 10 nitrogen and oxygen atoms in total. The largest absolute Gasteiger partial charge is 0.493 e. The van der Waals surface area contributed by atoms with Gasteiger partial charge in [-0.1, -0.05) is 66.5 Å². The molecule has 0 aliphatic carbocycles. The van der Waals surface area contributed by atoms with E-state index in [4.69, 9.17) is 46.9 Å². The molecule has 0 atom stereocenters. The number of benzene rings is 4. The molecule has 1 saturated heterocycles. The van der Waals surface area contributed by atoms with Gasteiger partial charge in [0.05, 0.1) is 36.6 Å². The maximum Gasteiger partial charge on any atom is 0.335 e. The van der Waals surface area contributed by atoms with Crippen LogP contribution in [-0.4, -0.2) is 38.7 Å². The number of methoxy groups -OCH3 is 2. The second-order valence-corrected chi connectivity index (χ2v) is 11.3. The van der Waals surface area contributed by atoms with Gasteiger partial charge in [-0.2, -0.15) is 0 Å². The van der Waals surface area contributed by atoms with E-state index in [1.54, 1.807) is 25.3 Å². The van der Waals surface area contributed by atoms with E-state index >= 15 is 0 Å². The van der Waals surface area contributed by atoms with Gasteiger partial charge in [0, 0.05) is 6.07 Å². The van der Waals surface area contributed by atoms with Gasteiger partial charge in [0.25, 0.3) is 11.8 Å². The first-order valence-corrected chi connectivity index (χ1v) is 15.7. The van der Waals surface area contributed by atoms with Crippen LogP contribution in [0.25, 0.3) is 6.08 Å². The number of urea groups is 1. The van der Waals surface area contributed by atoms with E-state index in [0.29, 0.717) is 41.8 Å². The summed E-state index contributed by atoms with van der Waals surface area (Å²) in [5.74, 6) is 0.391. The highest BCUT2D eigenvalue weighted by Gasteiger charge is 2.37. The normalized spacial score (nSPS) is 13.7. The number of hydrogen-bond acceptors (Lipinski definition) is 8. The van der Waals surface area contributed by atoms with Gasteiger partial charge in [0.1, 0.15) is 18.8 Å². The lowest BCUT2D eigenvalue weighted by molar-refractivity contribution is -0.122. The molecule has 1 aliphatic rings. The Morgan fingerprint density at radius 1 is 0.729 bits per heavy atom. The standard InChI is InChI=1S/C36H32Cl2N2O8/c1-4-14-46-29-13-11-25(19-32(29)45-3)40-35(42)26(34(41)39-36(40)43)15-24-16-27(37)33(28(38)17-24)48-21-23-10-12-30(31(18-23)44-2)47-20-22-8-6-5-7-9-22/h5-13,15-19H,4,14,20-21H2,1-3H3,(H,39,41,43)/b26-15-. The fourth-order valence-corrected chi connectivity index (χ4v) is 5.41. The zero-order chi connectivity index (χ0) is 34.2.